The summed E-state index contributed by atoms with van der Waals surface area (Å²) in [4.78, 5) is 25.1. The maximum absolute atomic E-state index is 11.6. The number of nitrogens with one attached hydrogen (secondary N) is 2. The number of rotatable bonds is 5. The van der Waals surface area contributed by atoms with Crippen LogP contribution < -0.4 is 10.9 Å². The van der Waals surface area contributed by atoms with Gasteiger partial charge in [-0.1, -0.05) is 17.7 Å². The van der Waals surface area contributed by atoms with Crippen molar-refractivity contribution in [3.63, 3.8) is 0 Å². The van der Waals surface area contributed by atoms with Crippen LogP contribution in [0.2, 0.25) is 5.02 Å². The van der Waals surface area contributed by atoms with Crippen LogP contribution in [0.1, 0.15) is 4.88 Å². The number of hydrogen-bond acceptors (Lipinski definition) is 4. The molecule has 2 N–H and O–H groups in total. The molecule has 0 saturated heterocycles. The van der Waals surface area contributed by atoms with Crippen molar-refractivity contribution in [2.75, 3.05) is 5.75 Å². The van der Waals surface area contributed by atoms with E-state index in [-0.39, 0.29) is 17.6 Å². The molecule has 0 saturated carbocycles. The Morgan fingerprint density at radius 2 is 1.95 bits per heavy atom. The summed E-state index contributed by atoms with van der Waals surface area (Å²) in [7, 11) is 0. The third kappa shape index (κ3) is 5.93. The molecule has 4 nitrogen and oxygen atoms in total. The van der Waals surface area contributed by atoms with Crippen LogP contribution in [0.4, 0.5) is 0 Å². The fourth-order valence-corrected chi connectivity index (χ4v) is 2.88. The Kier molecular flexibility index (Phi) is 6.51. The van der Waals surface area contributed by atoms with E-state index in [2.05, 4.69) is 10.9 Å². The first kappa shape index (κ1) is 16.6. The van der Waals surface area contributed by atoms with E-state index < -0.39 is 0 Å². The van der Waals surface area contributed by atoms with Gasteiger partial charge in [0.2, 0.25) is 5.91 Å². The molecule has 0 aliphatic heterocycles. The van der Waals surface area contributed by atoms with E-state index in [0.29, 0.717) is 5.02 Å². The Balaban J connectivity index is 1.68. The summed E-state index contributed by atoms with van der Waals surface area (Å²) < 4.78 is 0. The van der Waals surface area contributed by atoms with Gasteiger partial charge in [0.05, 0.1) is 5.75 Å². The largest absolute Gasteiger partial charge is 0.272 e. The molecule has 0 radical (unpaired) electrons. The third-order valence-corrected chi connectivity index (χ3v) is 4.55. The van der Waals surface area contributed by atoms with E-state index >= 15 is 0 Å². The molecule has 0 bridgehead atoms. The predicted octanol–water partition coefficient (Wildman–Crippen LogP) is 3.35. The fourth-order valence-electron chi connectivity index (χ4n) is 1.43. The van der Waals surface area contributed by atoms with Crippen LogP contribution in [0.25, 0.3) is 6.08 Å². The number of amides is 2. The predicted molar refractivity (Wildman–Crippen MR) is 91.8 cm³/mol. The highest BCUT2D eigenvalue weighted by molar-refractivity contribution is 8.00. The van der Waals surface area contributed by atoms with Gasteiger partial charge in [0, 0.05) is 20.9 Å². The average Bonchev–Trinajstić information content (AvgIpc) is 3.04. The summed E-state index contributed by atoms with van der Waals surface area (Å²) in [6, 6.07) is 11.0. The van der Waals surface area contributed by atoms with Crippen LogP contribution in [-0.2, 0) is 9.59 Å². The van der Waals surface area contributed by atoms with Gasteiger partial charge in [-0.25, -0.2) is 0 Å². The normalized spacial score (nSPS) is 10.6. The summed E-state index contributed by atoms with van der Waals surface area (Å²) in [5.41, 5.74) is 4.70. The molecular formula is C15H13ClN2O2S2. The van der Waals surface area contributed by atoms with Crippen molar-refractivity contribution < 1.29 is 9.59 Å². The highest BCUT2D eigenvalue weighted by atomic mass is 35.5. The Bertz CT molecular complexity index is 655. The molecule has 0 spiro atoms. The van der Waals surface area contributed by atoms with Crippen LogP contribution in [-0.4, -0.2) is 17.6 Å². The van der Waals surface area contributed by atoms with Crippen LogP contribution in [0.15, 0.2) is 52.7 Å². The number of hydrazine groups is 1. The maximum Gasteiger partial charge on any atom is 0.262 e. The van der Waals surface area contributed by atoms with Gasteiger partial charge < -0.3 is 0 Å². The Morgan fingerprint density at radius 3 is 2.64 bits per heavy atom. The summed E-state index contributed by atoms with van der Waals surface area (Å²) in [5.74, 6) is -0.452. The zero-order valence-corrected chi connectivity index (χ0v) is 13.8. The quantitative estimate of drug-likeness (QED) is 0.493. The van der Waals surface area contributed by atoms with Crippen molar-refractivity contribution in [1.82, 2.24) is 10.9 Å². The van der Waals surface area contributed by atoms with E-state index in [1.807, 2.05) is 29.6 Å². The van der Waals surface area contributed by atoms with Gasteiger partial charge in [0.1, 0.15) is 0 Å². The van der Waals surface area contributed by atoms with Crippen LogP contribution in [0.3, 0.4) is 0 Å². The van der Waals surface area contributed by atoms with Gasteiger partial charge in [-0.2, -0.15) is 0 Å². The summed E-state index contributed by atoms with van der Waals surface area (Å²) in [6.07, 6.45) is 3.06. The van der Waals surface area contributed by atoms with E-state index in [4.69, 9.17) is 11.6 Å². The lowest BCUT2D eigenvalue weighted by molar-refractivity contribution is -0.125. The molecule has 2 aromatic rings. The SMILES string of the molecule is O=C(/C=C/c1cccs1)NNC(=O)CSc1ccc(Cl)cc1. The highest BCUT2D eigenvalue weighted by Gasteiger charge is 2.04. The summed E-state index contributed by atoms with van der Waals surface area (Å²) >= 11 is 8.67. The standard InChI is InChI=1S/C15H13ClN2O2S2/c16-11-3-5-13(6-4-11)22-10-15(20)18-17-14(19)8-7-12-2-1-9-21-12/h1-9H,10H2,(H,17,19)(H,18,20)/b8-7+. The monoisotopic (exact) mass is 352 g/mol. The number of carbonyl (C=O) groups is 2. The van der Waals surface area contributed by atoms with Gasteiger partial charge in [0.15, 0.2) is 0 Å². The number of carbonyl (C=O) groups excluding carboxylic acids is 2. The first-order valence-corrected chi connectivity index (χ1v) is 8.56. The first-order valence-electron chi connectivity index (χ1n) is 6.32. The van der Waals surface area contributed by atoms with Crippen molar-refractivity contribution in [3.8, 4) is 0 Å². The molecule has 114 valence electrons. The van der Waals surface area contributed by atoms with E-state index in [0.717, 1.165) is 9.77 Å². The number of benzene rings is 1. The third-order valence-electron chi connectivity index (χ3n) is 2.45. The molecule has 0 fully saturated rings. The lowest BCUT2D eigenvalue weighted by atomic mass is 10.4. The van der Waals surface area contributed by atoms with Gasteiger partial charge in [0.25, 0.3) is 5.91 Å². The fraction of sp³-hybridized carbons (Fsp3) is 0.0667. The summed E-state index contributed by atoms with van der Waals surface area (Å²) in [6.45, 7) is 0. The second-order valence-corrected chi connectivity index (χ2v) is 6.59. The first-order chi connectivity index (χ1) is 10.6. The number of thioether (sulfide) groups is 1. The molecule has 1 aromatic carbocycles. The van der Waals surface area contributed by atoms with Crippen molar-refractivity contribution in [2.45, 2.75) is 4.90 Å². The number of hydrogen-bond donors (Lipinski definition) is 2. The molecule has 1 heterocycles. The topological polar surface area (TPSA) is 58.2 Å². The molecular weight excluding hydrogens is 340 g/mol. The molecule has 2 rings (SSSR count). The molecule has 0 atom stereocenters. The highest BCUT2D eigenvalue weighted by Crippen LogP contribution is 2.19. The van der Waals surface area contributed by atoms with Crippen molar-refractivity contribution in [2.24, 2.45) is 0 Å². The maximum atomic E-state index is 11.6. The zero-order chi connectivity index (χ0) is 15.8. The number of thiophene rings is 1. The Hall–Kier alpha value is -1.76. The van der Waals surface area contributed by atoms with E-state index in [9.17, 15) is 9.59 Å². The molecule has 0 aliphatic carbocycles. The molecule has 1 aromatic heterocycles. The summed E-state index contributed by atoms with van der Waals surface area (Å²) in [5, 5.41) is 2.58. The van der Waals surface area contributed by atoms with Crippen molar-refractivity contribution >= 4 is 52.6 Å². The van der Waals surface area contributed by atoms with Crippen LogP contribution >= 0.6 is 34.7 Å². The van der Waals surface area contributed by atoms with Gasteiger partial charge in [-0.05, 0) is 41.8 Å². The minimum atomic E-state index is -0.377. The van der Waals surface area contributed by atoms with Crippen molar-refractivity contribution in [3.05, 3.63) is 57.8 Å². The lowest BCUT2D eigenvalue weighted by Crippen LogP contribution is -2.41. The van der Waals surface area contributed by atoms with Gasteiger partial charge in [-0.15, -0.1) is 23.1 Å². The molecule has 0 aliphatic rings. The second-order valence-electron chi connectivity index (χ2n) is 4.13. The van der Waals surface area contributed by atoms with Gasteiger partial charge in [-0.3, -0.25) is 20.4 Å². The smallest absolute Gasteiger partial charge is 0.262 e. The lowest BCUT2D eigenvalue weighted by Gasteiger charge is -2.05. The van der Waals surface area contributed by atoms with Crippen molar-refractivity contribution in [1.29, 1.82) is 0 Å². The van der Waals surface area contributed by atoms with Crippen LogP contribution in [0.5, 0.6) is 0 Å². The minimum Gasteiger partial charge on any atom is -0.272 e. The average molecular weight is 353 g/mol. The molecule has 2 amide bonds. The number of halogens is 1. The second kappa shape index (κ2) is 8.63. The van der Waals surface area contributed by atoms with Crippen LogP contribution in [0, 0.1) is 0 Å². The molecule has 7 heteroatoms. The van der Waals surface area contributed by atoms with E-state index in [1.54, 1.807) is 18.2 Å². The Labute approximate surface area is 141 Å². The van der Waals surface area contributed by atoms with E-state index in [1.165, 1.54) is 29.2 Å². The molecule has 22 heavy (non-hydrogen) atoms. The van der Waals surface area contributed by atoms with Gasteiger partial charge >= 0.3 is 0 Å². The molecule has 0 unspecified atom stereocenters. The minimum absolute atomic E-state index is 0.205. The Morgan fingerprint density at radius 1 is 1.18 bits per heavy atom. The zero-order valence-electron chi connectivity index (χ0n) is 11.4.